The van der Waals surface area contributed by atoms with E-state index in [9.17, 15) is 9.59 Å². The Kier molecular flexibility index (Phi) is 6.04. The van der Waals surface area contributed by atoms with Crippen LogP contribution in [0.1, 0.15) is 21.7 Å². The number of hydrogen-bond donors (Lipinski definition) is 1. The fraction of sp³-hybridized carbons (Fsp3) is 0.0870. The number of furan rings is 1. The van der Waals surface area contributed by atoms with Crippen molar-refractivity contribution in [1.29, 1.82) is 0 Å². The largest absolute Gasteiger partial charge is 0.478 e. The first-order chi connectivity index (χ1) is 14.9. The quantitative estimate of drug-likeness (QED) is 0.277. The number of thiocarbonyl (C=S) groups is 1. The molecule has 0 radical (unpaired) electrons. The lowest BCUT2D eigenvalue weighted by atomic mass is 10.0. The van der Waals surface area contributed by atoms with Crippen LogP contribution in [0.2, 0.25) is 0 Å². The summed E-state index contributed by atoms with van der Waals surface area (Å²) >= 11 is 8.28. The van der Waals surface area contributed by atoms with Crippen molar-refractivity contribution in [2.75, 3.05) is 11.2 Å². The molecule has 1 aromatic heterocycles. The molecule has 2 heterocycles. The van der Waals surface area contributed by atoms with Gasteiger partial charge in [0, 0.05) is 16.5 Å². The second kappa shape index (κ2) is 8.74. The summed E-state index contributed by atoms with van der Waals surface area (Å²) in [5.74, 6) is -0.0352. The van der Waals surface area contributed by atoms with Crippen molar-refractivity contribution in [3.05, 3.63) is 76.4 Å². The molecule has 2 aromatic carbocycles. The minimum absolute atomic E-state index is 0.187. The van der Waals surface area contributed by atoms with E-state index in [0.29, 0.717) is 20.7 Å². The number of carboxylic acid groups (broad SMARTS) is 1. The molecule has 1 aliphatic rings. The molecule has 31 heavy (non-hydrogen) atoms. The number of nitrogens with zero attached hydrogens (tertiary/aromatic N) is 1. The molecule has 8 heteroatoms. The second-order valence-corrected chi connectivity index (χ2v) is 9.31. The minimum Gasteiger partial charge on any atom is -0.478 e. The van der Waals surface area contributed by atoms with E-state index in [1.165, 1.54) is 16.7 Å². The van der Waals surface area contributed by atoms with Crippen LogP contribution in [-0.2, 0) is 4.79 Å². The van der Waals surface area contributed by atoms with Crippen LogP contribution in [0.3, 0.4) is 0 Å². The van der Waals surface area contributed by atoms with E-state index in [4.69, 9.17) is 21.7 Å². The second-order valence-electron chi connectivity index (χ2n) is 6.76. The lowest BCUT2D eigenvalue weighted by molar-refractivity contribution is -0.113. The number of aromatic carboxylic acids is 1. The fourth-order valence-corrected chi connectivity index (χ4v) is 4.95. The van der Waals surface area contributed by atoms with Crippen LogP contribution >= 0.6 is 35.7 Å². The third kappa shape index (κ3) is 4.32. The van der Waals surface area contributed by atoms with Crippen molar-refractivity contribution in [3.8, 4) is 11.3 Å². The van der Waals surface area contributed by atoms with Crippen LogP contribution < -0.4 is 4.90 Å². The van der Waals surface area contributed by atoms with Gasteiger partial charge in [0.2, 0.25) is 0 Å². The number of thioether (sulfide) groups is 2. The van der Waals surface area contributed by atoms with E-state index in [0.717, 1.165) is 21.7 Å². The molecule has 0 aliphatic carbocycles. The van der Waals surface area contributed by atoms with E-state index in [2.05, 4.69) is 0 Å². The maximum Gasteiger partial charge on any atom is 0.335 e. The summed E-state index contributed by atoms with van der Waals surface area (Å²) in [5, 5.41) is 9.13. The van der Waals surface area contributed by atoms with Gasteiger partial charge in [0.1, 0.15) is 11.5 Å². The maximum absolute atomic E-state index is 13.0. The first kappa shape index (κ1) is 21.4. The molecule has 1 aliphatic heterocycles. The number of anilines is 1. The smallest absolute Gasteiger partial charge is 0.335 e. The molecular weight excluding hydrogens is 450 g/mol. The van der Waals surface area contributed by atoms with Crippen molar-refractivity contribution in [3.63, 3.8) is 0 Å². The van der Waals surface area contributed by atoms with E-state index in [1.807, 2.05) is 37.4 Å². The molecular formula is C23H17NO4S3. The molecule has 156 valence electrons. The topological polar surface area (TPSA) is 70.8 Å². The van der Waals surface area contributed by atoms with Gasteiger partial charge in [-0.25, -0.2) is 4.79 Å². The molecule has 5 nitrogen and oxygen atoms in total. The van der Waals surface area contributed by atoms with Crippen LogP contribution in [0.5, 0.6) is 0 Å². The standard InChI is InChI=1S/C23H17NO4S3/c1-13-10-14(22(26)27)6-8-18(13)19-9-7-16(28-19)12-20-21(25)24(23(29)31-20)15-4-3-5-17(11-15)30-2/h3-12H,1-2H3,(H,26,27)/b20-12-. The molecule has 3 aromatic rings. The molecule has 1 N–H and O–H groups in total. The lowest BCUT2D eigenvalue weighted by Crippen LogP contribution is -2.27. The highest BCUT2D eigenvalue weighted by Gasteiger charge is 2.33. The summed E-state index contributed by atoms with van der Waals surface area (Å²) in [4.78, 5) is 27.2. The van der Waals surface area contributed by atoms with Gasteiger partial charge in [-0.05, 0) is 61.2 Å². The van der Waals surface area contributed by atoms with Gasteiger partial charge in [0.15, 0.2) is 4.32 Å². The normalized spacial score (nSPS) is 15.2. The van der Waals surface area contributed by atoms with Crippen LogP contribution in [0.25, 0.3) is 17.4 Å². The highest BCUT2D eigenvalue weighted by Crippen LogP contribution is 2.37. The molecule has 0 bridgehead atoms. The number of amides is 1. The summed E-state index contributed by atoms with van der Waals surface area (Å²) in [6.45, 7) is 1.83. The Hall–Kier alpha value is -2.81. The highest BCUT2D eigenvalue weighted by atomic mass is 32.2. The van der Waals surface area contributed by atoms with Gasteiger partial charge in [0.05, 0.1) is 16.2 Å². The van der Waals surface area contributed by atoms with Gasteiger partial charge in [-0.3, -0.25) is 9.69 Å². The molecule has 0 spiro atoms. The third-order valence-corrected chi connectivity index (χ3v) is 6.77. The molecule has 4 rings (SSSR count). The lowest BCUT2D eigenvalue weighted by Gasteiger charge is -2.15. The Labute approximate surface area is 193 Å². The zero-order valence-corrected chi connectivity index (χ0v) is 19.1. The Morgan fingerprint density at radius 3 is 2.71 bits per heavy atom. The summed E-state index contributed by atoms with van der Waals surface area (Å²) in [7, 11) is 0. The summed E-state index contributed by atoms with van der Waals surface area (Å²) in [6, 6.07) is 16.1. The average molecular weight is 468 g/mol. The number of benzene rings is 2. The van der Waals surface area contributed by atoms with Crippen LogP contribution in [0.4, 0.5) is 5.69 Å². The Morgan fingerprint density at radius 1 is 1.19 bits per heavy atom. The monoisotopic (exact) mass is 467 g/mol. The van der Waals surface area contributed by atoms with Gasteiger partial charge in [-0.1, -0.05) is 36.1 Å². The molecule has 0 unspecified atom stereocenters. The van der Waals surface area contributed by atoms with Gasteiger partial charge in [-0.2, -0.15) is 0 Å². The average Bonchev–Trinajstić information content (AvgIpc) is 3.32. The molecule has 1 amide bonds. The Morgan fingerprint density at radius 2 is 2.00 bits per heavy atom. The third-order valence-electron chi connectivity index (χ3n) is 4.74. The number of aryl methyl sites for hydroxylation is 1. The summed E-state index contributed by atoms with van der Waals surface area (Å²) < 4.78 is 6.39. The number of hydrogen-bond acceptors (Lipinski definition) is 6. The number of carbonyl (C=O) groups is 2. The van der Waals surface area contributed by atoms with E-state index in [-0.39, 0.29) is 11.5 Å². The summed E-state index contributed by atoms with van der Waals surface area (Å²) in [6.07, 6.45) is 3.66. The maximum atomic E-state index is 13.0. The van der Waals surface area contributed by atoms with E-state index in [1.54, 1.807) is 48.2 Å². The van der Waals surface area contributed by atoms with Crippen LogP contribution in [-0.4, -0.2) is 27.6 Å². The van der Waals surface area contributed by atoms with E-state index >= 15 is 0 Å². The zero-order valence-electron chi connectivity index (χ0n) is 16.6. The predicted octanol–water partition coefficient (Wildman–Crippen LogP) is 6.08. The Bertz CT molecular complexity index is 1250. The number of carbonyl (C=O) groups excluding carboxylic acids is 1. The van der Waals surface area contributed by atoms with Crippen LogP contribution in [0, 0.1) is 6.92 Å². The SMILES string of the molecule is CSc1cccc(N2C(=O)/C(=C/c3ccc(-c4ccc(C(=O)O)cc4C)o3)SC2=S)c1. The molecule has 0 atom stereocenters. The zero-order chi connectivity index (χ0) is 22.1. The fourth-order valence-electron chi connectivity index (χ4n) is 3.22. The van der Waals surface area contributed by atoms with Crippen molar-refractivity contribution in [2.24, 2.45) is 0 Å². The van der Waals surface area contributed by atoms with Crippen LogP contribution in [0.15, 0.2) is 68.8 Å². The number of rotatable bonds is 5. The van der Waals surface area contributed by atoms with Crippen molar-refractivity contribution in [1.82, 2.24) is 0 Å². The first-order valence-electron chi connectivity index (χ1n) is 9.23. The van der Waals surface area contributed by atoms with Crippen molar-refractivity contribution < 1.29 is 19.1 Å². The molecule has 0 saturated carbocycles. The molecule has 1 fully saturated rings. The van der Waals surface area contributed by atoms with Gasteiger partial charge >= 0.3 is 5.97 Å². The summed E-state index contributed by atoms with van der Waals surface area (Å²) in [5.41, 5.74) is 2.56. The number of carboxylic acids is 1. The van der Waals surface area contributed by atoms with Crippen molar-refractivity contribution >= 4 is 63.7 Å². The van der Waals surface area contributed by atoms with Gasteiger partial charge in [-0.15, -0.1) is 11.8 Å². The first-order valence-corrected chi connectivity index (χ1v) is 11.7. The molecule has 1 saturated heterocycles. The highest BCUT2D eigenvalue weighted by molar-refractivity contribution is 8.27. The Balaban J connectivity index is 1.60. The van der Waals surface area contributed by atoms with Crippen molar-refractivity contribution in [2.45, 2.75) is 11.8 Å². The predicted molar refractivity (Wildman–Crippen MR) is 130 cm³/mol. The van der Waals surface area contributed by atoms with E-state index < -0.39 is 5.97 Å². The van der Waals surface area contributed by atoms with Gasteiger partial charge in [0.25, 0.3) is 5.91 Å². The van der Waals surface area contributed by atoms with Gasteiger partial charge < -0.3 is 9.52 Å². The minimum atomic E-state index is -0.972.